The van der Waals surface area contributed by atoms with E-state index in [0.29, 0.717) is 23.2 Å². The van der Waals surface area contributed by atoms with Gasteiger partial charge in [-0.3, -0.25) is 9.78 Å². The number of piperazine rings is 1. The number of ether oxygens (including phenoxy) is 1. The van der Waals surface area contributed by atoms with Crippen molar-refractivity contribution in [2.75, 3.05) is 38.1 Å². The molecule has 0 aliphatic carbocycles. The van der Waals surface area contributed by atoms with E-state index >= 15 is 0 Å². The fourth-order valence-electron chi connectivity index (χ4n) is 4.84. The molecule has 200 valence electrons. The van der Waals surface area contributed by atoms with E-state index in [-0.39, 0.29) is 37.2 Å². The highest BCUT2D eigenvalue weighted by Crippen LogP contribution is 2.27. The first-order valence-corrected chi connectivity index (χ1v) is 14.1. The van der Waals surface area contributed by atoms with Gasteiger partial charge in [-0.05, 0) is 44.0 Å². The third-order valence-corrected chi connectivity index (χ3v) is 8.87. The topological polar surface area (TPSA) is 121 Å². The Bertz CT molecular complexity index is 1420. The van der Waals surface area contributed by atoms with Gasteiger partial charge >= 0.3 is 6.03 Å². The van der Waals surface area contributed by atoms with Gasteiger partial charge in [-0.1, -0.05) is 35.9 Å². The molecule has 0 bridgehead atoms. The number of carbonyl (C=O) groups is 2. The molecule has 3 heterocycles. The van der Waals surface area contributed by atoms with Gasteiger partial charge in [0, 0.05) is 50.1 Å². The number of amides is 3. The number of nitrogens with zero attached hydrogens (tertiary/aromatic N) is 3. The average Bonchev–Trinajstić information content (AvgIpc) is 3.46. The van der Waals surface area contributed by atoms with Gasteiger partial charge in [-0.2, -0.15) is 4.31 Å². The number of hydrogen-bond donors (Lipinski definition) is 2. The zero-order valence-electron chi connectivity index (χ0n) is 21.2. The van der Waals surface area contributed by atoms with Crippen molar-refractivity contribution in [3.05, 3.63) is 66.4 Å². The molecule has 2 fully saturated rings. The van der Waals surface area contributed by atoms with Crippen LogP contribution in [0.15, 0.2) is 65.7 Å². The van der Waals surface area contributed by atoms with Crippen molar-refractivity contribution in [1.29, 1.82) is 0 Å². The summed E-state index contributed by atoms with van der Waals surface area (Å²) >= 11 is 0. The Morgan fingerprint density at radius 3 is 2.63 bits per heavy atom. The molecule has 2 aliphatic heterocycles. The van der Waals surface area contributed by atoms with E-state index in [4.69, 9.17) is 4.74 Å². The maximum Gasteiger partial charge on any atom is 0.321 e. The van der Waals surface area contributed by atoms with Gasteiger partial charge in [0.25, 0.3) is 0 Å². The minimum Gasteiger partial charge on any atom is -0.376 e. The molecule has 2 unspecified atom stereocenters. The van der Waals surface area contributed by atoms with Crippen molar-refractivity contribution in [3.63, 3.8) is 0 Å². The second kappa shape index (κ2) is 11.1. The predicted octanol–water partition coefficient (Wildman–Crippen LogP) is 2.75. The number of carbonyl (C=O) groups excluding carboxylic acids is 2. The number of pyridine rings is 1. The summed E-state index contributed by atoms with van der Waals surface area (Å²) in [6.07, 6.45) is 3.20. The first-order valence-electron chi connectivity index (χ1n) is 12.7. The Balaban J connectivity index is 1.40. The number of hydrogen-bond acceptors (Lipinski definition) is 6. The van der Waals surface area contributed by atoms with Crippen molar-refractivity contribution < 1.29 is 22.7 Å². The molecular weight excluding hydrogens is 506 g/mol. The minimum absolute atomic E-state index is 0.0325. The Kier molecular flexibility index (Phi) is 7.59. The highest BCUT2D eigenvalue weighted by atomic mass is 32.2. The van der Waals surface area contributed by atoms with Crippen molar-refractivity contribution in [2.45, 2.75) is 36.8 Å². The van der Waals surface area contributed by atoms with Crippen LogP contribution < -0.4 is 10.6 Å². The van der Waals surface area contributed by atoms with Crippen LogP contribution in [-0.4, -0.2) is 79.5 Å². The Morgan fingerprint density at radius 1 is 1.08 bits per heavy atom. The Labute approximate surface area is 222 Å². The van der Waals surface area contributed by atoms with E-state index in [9.17, 15) is 18.0 Å². The molecule has 2 N–H and O–H groups in total. The van der Waals surface area contributed by atoms with Gasteiger partial charge in [-0.25, -0.2) is 13.2 Å². The van der Waals surface area contributed by atoms with Gasteiger partial charge in [0.05, 0.1) is 11.6 Å². The molecule has 10 nitrogen and oxygen atoms in total. The maximum absolute atomic E-state index is 13.9. The van der Waals surface area contributed by atoms with Crippen LogP contribution in [0.4, 0.5) is 10.5 Å². The van der Waals surface area contributed by atoms with Crippen molar-refractivity contribution in [2.24, 2.45) is 0 Å². The lowest BCUT2D eigenvalue weighted by Crippen LogP contribution is -2.62. The maximum atomic E-state index is 13.9. The van der Waals surface area contributed by atoms with Gasteiger partial charge < -0.3 is 20.3 Å². The van der Waals surface area contributed by atoms with E-state index in [0.717, 1.165) is 18.4 Å². The minimum atomic E-state index is -4.11. The lowest BCUT2D eigenvalue weighted by Gasteiger charge is -2.39. The molecular formula is C27H31N5O5S. The number of fused-ring (bicyclic) bond motifs is 1. The number of anilines is 1. The monoisotopic (exact) mass is 537 g/mol. The highest BCUT2D eigenvalue weighted by molar-refractivity contribution is 7.89. The summed E-state index contributed by atoms with van der Waals surface area (Å²) in [5, 5.41) is 6.38. The number of rotatable bonds is 6. The zero-order chi connectivity index (χ0) is 26.7. The molecule has 0 radical (unpaired) electrons. The fourth-order valence-corrected chi connectivity index (χ4v) is 6.58. The average molecular weight is 538 g/mol. The summed E-state index contributed by atoms with van der Waals surface area (Å²) < 4.78 is 34.7. The van der Waals surface area contributed by atoms with Gasteiger partial charge in [-0.15, -0.1) is 0 Å². The number of sulfonamides is 1. The molecule has 38 heavy (non-hydrogen) atoms. The summed E-state index contributed by atoms with van der Waals surface area (Å²) in [5.74, 6) is -0.467. The second-order valence-electron chi connectivity index (χ2n) is 9.59. The molecule has 2 atom stereocenters. The molecule has 2 aromatic carbocycles. The molecule has 11 heteroatoms. The summed E-state index contributed by atoms with van der Waals surface area (Å²) in [6.45, 7) is 2.89. The van der Waals surface area contributed by atoms with E-state index in [1.165, 1.54) is 15.3 Å². The lowest BCUT2D eigenvalue weighted by atomic mass is 10.2. The van der Waals surface area contributed by atoms with Crippen LogP contribution >= 0.6 is 0 Å². The van der Waals surface area contributed by atoms with Gasteiger partial charge in [0.1, 0.15) is 10.9 Å². The SMILES string of the molecule is Cc1ccc(NC(=O)N2CCN(S(=O)(=O)c3cccc4cccnc34)C(C(=O)NCC3CCCO3)C2)cc1. The molecule has 1 aromatic heterocycles. The fraction of sp³-hybridized carbons (Fsp3) is 0.370. The van der Waals surface area contributed by atoms with Crippen molar-refractivity contribution in [1.82, 2.24) is 19.5 Å². The number of aryl methyl sites for hydroxylation is 1. The van der Waals surface area contributed by atoms with E-state index in [1.807, 2.05) is 19.1 Å². The molecule has 2 aliphatic rings. The van der Waals surface area contributed by atoms with Gasteiger partial charge in [0.15, 0.2) is 0 Å². The van der Waals surface area contributed by atoms with Crippen LogP contribution in [0.3, 0.4) is 0 Å². The Hall–Kier alpha value is -3.54. The van der Waals surface area contributed by atoms with Crippen molar-refractivity contribution >= 4 is 38.6 Å². The standard InChI is InChI=1S/C27H31N5O5S/c1-19-9-11-21(12-10-19)30-27(34)31-14-15-32(23(18-31)26(33)29-17-22-7-4-16-37-22)38(35,36)24-8-2-5-20-6-3-13-28-25(20)24/h2-3,5-6,8-13,22-23H,4,7,14-18H2,1H3,(H,29,33)(H,30,34). The largest absolute Gasteiger partial charge is 0.376 e. The van der Waals surface area contributed by atoms with E-state index in [2.05, 4.69) is 15.6 Å². The number of nitrogens with one attached hydrogen (secondary N) is 2. The summed E-state index contributed by atoms with van der Waals surface area (Å²) in [7, 11) is -4.11. The quantitative estimate of drug-likeness (QED) is 0.499. The second-order valence-corrected chi connectivity index (χ2v) is 11.4. The van der Waals surface area contributed by atoms with Crippen LogP contribution in [-0.2, 0) is 19.6 Å². The number of aromatic nitrogens is 1. The van der Waals surface area contributed by atoms with Crippen LogP contribution in [0.2, 0.25) is 0 Å². The molecule has 0 spiro atoms. The predicted molar refractivity (Wildman–Crippen MR) is 143 cm³/mol. The van der Waals surface area contributed by atoms with Crippen LogP contribution in [0.25, 0.3) is 10.9 Å². The number of benzene rings is 2. The van der Waals surface area contributed by atoms with Crippen LogP contribution in [0.1, 0.15) is 18.4 Å². The third kappa shape index (κ3) is 5.50. The Morgan fingerprint density at radius 2 is 1.87 bits per heavy atom. The molecule has 0 saturated carbocycles. The number of urea groups is 1. The molecule has 2 saturated heterocycles. The lowest BCUT2D eigenvalue weighted by molar-refractivity contribution is -0.126. The van der Waals surface area contributed by atoms with Crippen molar-refractivity contribution in [3.8, 4) is 0 Å². The van der Waals surface area contributed by atoms with Gasteiger partial charge in [0.2, 0.25) is 15.9 Å². The number of para-hydroxylation sites is 1. The summed E-state index contributed by atoms with van der Waals surface area (Å²) in [5.41, 5.74) is 2.03. The highest BCUT2D eigenvalue weighted by Gasteiger charge is 2.42. The van der Waals surface area contributed by atoms with Crippen LogP contribution in [0.5, 0.6) is 0 Å². The first kappa shape index (κ1) is 26.1. The summed E-state index contributed by atoms with van der Waals surface area (Å²) in [4.78, 5) is 32.3. The zero-order valence-corrected chi connectivity index (χ0v) is 22.0. The third-order valence-electron chi connectivity index (χ3n) is 6.93. The smallest absolute Gasteiger partial charge is 0.321 e. The first-order chi connectivity index (χ1) is 18.3. The van der Waals surface area contributed by atoms with E-state index in [1.54, 1.807) is 42.6 Å². The summed E-state index contributed by atoms with van der Waals surface area (Å²) in [6, 6.07) is 14.4. The molecule has 5 rings (SSSR count). The van der Waals surface area contributed by atoms with E-state index < -0.39 is 28.0 Å². The van der Waals surface area contributed by atoms with Crippen LogP contribution in [0, 0.1) is 6.92 Å². The normalized spacial score (nSPS) is 20.4. The molecule has 3 amide bonds. The molecule has 3 aromatic rings.